The van der Waals surface area contributed by atoms with Crippen LogP contribution in [0.3, 0.4) is 0 Å². The van der Waals surface area contributed by atoms with Gasteiger partial charge in [-0.1, -0.05) is 0 Å². The van der Waals surface area contributed by atoms with Crippen LogP contribution in [-0.2, 0) is 14.3 Å². The Bertz CT molecular complexity index is 568. The third-order valence-electron chi connectivity index (χ3n) is 4.44. The van der Waals surface area contributed by atoms with Gasteiger partial charge in [-0.15, -0.1) is 0 Å². The summed E-state index contributed by atoms with van der Waals surface area (Å²) in [6.07, 6.45) is 5.17. The van der Waals surface area contributed by atoms with Gasteiger partial charge in [-0.25, -0.2) is 10.4 Å². The van der Waals surface area contributed by atoms with Gasteiger partial charge in [-0.3, -0.25) is 9.80 Å². The Morgan fingerprint density at radius 3 is 2.90 bits per heavy atom. The van der Waals surface area contributed by atoms with E-state index in [-0.39, 0.29) is 18.1 Å². The molecule has 3 rings (SSSR count). The molecule has 114 valence electrons. The first-order chi connectivity index (χ1) is 10.0. The molecule has 1 aliphatic carbocycles. The standard InChI is InChI=1S/C14H18BrN3O3/c1-8-6-9(15)7-18-11(8)16-13(17-18)14(21-3)5-4-10(14)12(19)20-2/h6-7,10,13,17H,4-5H2,1-3H3. The van der Waals surface area contributed by atoms with Crippen molar-refractivity contribution in [3.8, 4) is 0 Å². The maximum atomic E-state index is 11.9. The predicted molar refractivity (Wildman–Crippen MR) is 81.4 cm³/mol. The van der Waals surface area contributed by atoms with Gasteiger partial charge in [-0.2, -0.15) is 0 Å². The van der Waals surface area contributed by atoms with E-state index in [0.717, 1.165) is 28.7 Å². The van der Waals surface area contributed by atoms with Crippen molar-refractivity contribution in [2.45, 2.75) is 31.5 Å². The van der Waals surface area contributed by atoms with Crippen molar-refractivity contribution < 1.29 is 14.3 Å². The Hall–Kier alpha value is -1.18. The third kappa shape index (κ3) is 2.15. The van der Waals surface area contributed by atoms with Crippen molar-refractivity contribution in [1.82, 2.24) is 10.4 Å². The summed E-state index contributed by atoms with van der Waals surface area (Å²) >= 11 is 3.47. The highest BCUT2D eigenvalue weighted by molar-refractivity contribution is 9.11. The monoisotopic (exact) mass is 355 g/mol. The molecule has 0 saturated heterocycles. The summed E-state index contributed by atoms with van der Waals surface area (Å²) in [6, 6.07) is 0. The summed E-state index contributed by atoms with van der Waals surface area (Å²) in [4.78, 5) is 16.7. The molecule has 3 unspecified atom stereocenters. The molecule has 6 nitrogen and oxygen atoms in total. The van der Waals surface area contributed by atoms with Crippen molar-refractivity contribution in [3.63, 3.8) is 0 Å². The Balaban J connectivity index is 1.89. The van der Waals surface area contributed by atoms with Gasteiger partial charge >= 0.3 is 5.97 Å². The molecule has 0 aromatic rings. The van der Waals surface area contributed by atoms with Crippen LogP contribution in [-0.4, -0.2) is 42.8 Å². The molecule has 1 N–H and O–H groups in total. The van der Waals surface area contributed by atoms with E-state index in [0.29, 0.717) is 0 Å². The van der Waals surface area contributed by atoms with Gasteiger partial charge < -0.3 is 9.47 Å². The number of aliphatic imine (C=N–C) groups is 1. The van der Waals surface area contributed by atoms with Gasteiger partial charge in [0.1, 0.15) is 17.6 Å². The number of fused-ring (bicyclic) bond motifs is 1. The molecule has 0 bridgehead atoms. The highest BCUT2D eigenvalue weighted by Crippen LogP contribution is 2.46. The van der Waals surface area contributed by atoms with Crippen LogP contribution < -0.4 is 5.43 Å². The van der Waals surface area contributed by atoms with Crippen LogP contribution in [0, 0.1) is 5.92 Å². The summed E-state index contributed by atoms with van der Waals surface area (Å²) < 4.78 is 11.6. The van der Waals surface area contributed by atoms with Crippen molar-refractivity contribution in [2.75, 3.05) is 14.2 Å². The first-order valence-corrected chi connectivity index (χ1v) is 7.63. The minimum atomic E-state index is -0.641. The summed E-state index contributed by atoms with van der Waals surface area (Å²) in [6.45, 7) is 2.00. The number of amidine groups is 1. The number of rotatable bonds is 3. The van der Waals surface area contributed by atoms with Crippen molar-refractivity contribution in [1.29, 1.82) is 0 Å². The number of hydrazine groups is 1. The fourth-order valence-electron chi connectivity index (χ4n) is 3.16. The second kappa shape index (κ2) is 5.23. The van der Waals surface area contributed by atoms with E-state index in [9.17, 15) is 4.79 Å². The number of hydrogen-bond acceptors (Lipinski definition) is 6. The highest BCUT2D eigenvalue weighted by Gasteiger charge is 2.59. The number of hydrogen-bond donors (Lipinski definition) is 1. The maximum Gasteiger partial charge on any atom is 0.311 e. The SMILES string of the molecule is COC(=O)C1CCC1(OC)C1N=C2C(C)=CC(Br)=CN2N1. The van der Waals surface area contributed by atoms with E-state index < -0.39 is 5.60 Å². The molecule has 0 aromatic heterocycles. The molecule has 0 spiro atoms. The van der Waals surface area contributed by atoms with Crippen LogP contribution in [0.25, 0.3) is 0 Å². The average Bonchev–Trinajstić information content (AvgIpc) is 2.82. The quantitative estimate of drug-likeness (QED) is 0.780. The number of ether oxygens (including phenoxy) is 2. The van der Waals surface area contributed by atoms with E-state index in [1.165, 1.54) is 7.11 Å². The fourth-order valence-corrected chi connectivity index (χ4v) is 3.71. The van der Waals surface area contributed by atoms with Gasteiger partial charge in [0.25, 0.3) is 0 Å². The maximum absolute atomic E-state index is 11.9. The van der Waals surface area contributed by atoms with Crippen LogP contribution in [0.4, 0.5) is 0 Å². The fraction of sp³-hybridized carbons (Fsp3) is 0.571. The lowest BCUT2D eigenvalue weighted by Crippen LogP contribution is -2.63. The Morgan fingerprint density at radius 2 is 2.33 bits per heavy atom. The van der Waals surface area contributed by atoms with Gasteiger partial charge in [0.2, 0.25) is 0 Å². The van der Waals surface area contributed by atoms with E-state index in [1.807, 2.05) is 24.2 Å². The number of allylic oxidation sites excluding steroid dienone is 2. The van der Waals surface area contributed by atoms with Crippen LogP contribution in [0.5, 0.6) is 0 Å². The number of nitrogens with one attached hydrogen (secondary N) is 1. The molecule has 2 aliphatic heterocycles. The molecule has 7 heteroatoms. The summed E-state index contributed by atoms with van der Waals surface area (Å²) in [7, 11) is 3.04. The second-order valence-electron chi connectivity index (χ2n) is 5.47. The molecule has 0 aromatic carbocycles. The topological polar surface area (TPSA) is 63.2 Å². The molecule has 0 amide bonds. The number of carbonyl (C=O) groups excluding carboxylic acids is 1. The third-order valence-corrected chi connectivity index (χ3v) is 4.88. The van der Waals surface area contributed by atoms with E-state index in [2.05, 4.69) is 21.4 Å². The summed E-state index contributed by atoms with van der Waals surface area (Å²) in [5.41, 5.74) is 3.72. The van der Waals surface area contributed by atoms with Crippen LogP contribution >= 0.6 is 15.9 Å². The number of nitrogens with zero attached hydrogens (tertiary/aromatic N) is 2. The number of halogens is 1. The molecule has 2 heterocycles. The lowest BCUT2D eigenvalue weighted by Gasteiger charge is -2.48. The van der Waals surface area contributed by atoms with Crippen LogP contribution in [0.2, 0.25) is 0 Å². The Morgan fingerprint density at radius 1 is 1.57 bits per heavy atom. The number of esters is 1. The minimum Gasteiger partial charge on any atom is -0.469 e. The molecule has 3 aliphatic rings. The zero-order valence-corrected chi connectivity index (χ0v) is 13.8. The lowest BCUT2D eigenvalue weighted by atomic mass is 9.67. The molecule has 21 heavy (non-hydrogen) atoms. The smallest absolute Gasteiger partial charge is 0.311 e. The minimum absolute atomic E-state index is 0.237. The second-order valence-corrected chi connectivity index (χ2v) is 6.38. The molecule has 3 atom stereocenters. The number of methoxy groups -OCH3 is 2. The molecular weight excluding hydrogens is 338 g/mol. The molecule has 1 saturated carbocycles. The van der Waals surface area contributed by atoms with Gasteiger partial charge in [0.05, 0.1) is 13.0 Å². The first kappa shape index (κ1) is 14.7. The average molecular weight is 356 g/mol. The van der Waals surface area contributed by atoms with Crippen molar-refractivity contribution in [3.05, 3.63) is 22.3 Å². The summed E-state index contributed by atoms with van der Waals surface area (Å²) in [5, 5.41) is 1.87. The number of carbonyl (C=O) groups is 1. The van der Waals surface area contributed by atoms with E-state index >= 15 is 0 Å². The lowest BCUT2D eigenvalue weighted by molar-refractivity contribution is -0.185. The van der Waals surface area contributed by atoms with E-state index in [4.69, 9.17) is 14.5 Å². The Kier molecular flexibility index (Phi) is 3.67. The van der Waals surface area contributed by atoms with Gasteiger partial charge in [0, 0.05) is 17.8 Å². The zero-order chi connectivity index (χ0) is 15.2. The molecular formula is C14H18BrN3O3. The van der Waals surface area contributed by atoms with Crippen molar-refractivity contribution >= 4 is 27.7 Å². The largest absolute Gasteiger partial charge is 0.469 e. The highest BCUT2D eigenvalue weighted by atomic mass is 79.9. The van der Waals surface area contributed by atoms with Crippen molar-refractivity contribution in [2.24, 2.45) is 10.9 Å². The van der Waals surface area contributed by atoms with Crippen LogP contribution in [0.15, 0.2) is 27.3 Å². The normalized spacial score (nSPS) is 34.5. The predicted octanol–water partition coefficient (Wildman–Crippen LogP) is 1.70. The Labute approximate surface area is 132 Å². The van der Waals surface area contributed by atoms with Gasteiger partial charge in [-0.05, 0) is 47.3 Å². The summed E-state index contributed by atoms with van der Waals surface area (Å²) in [5.74, 6) is 0.335. The molecule has 1 fully saturated rings. The first-order valence-electron chi connectivity index (χ1n) is 6.84. The van der Waals surface area contributed by atoms with E-state index in [1.54, 1.807) is 7.11 Å². The zero-order valence-electron chi connectivity index (χ0n) is 12.2. The van der Waals surface area contributed by atoms with Gasteiger partial charge in [0.15, 0.2) is 0 Å². The molecule has 0 radical (unpaired) electrons. The van der Waals surface area contributed by atoms with Crippen LogP contribution in [0.1, 0.15) is 19.8 Å².